The molecule has 4 heteroatoms. The van der Waals surface area contributed by atoms with Crippen LogP contribution >= 0.6 is 0 Å². The average Bonchev–Trinajstić information content (AvgIpc) is 2.80. The lowest BCUT2D eigenvalue weighted by Gasteiger charge is -2.20. The average molecular weight is 282 g/mol. The smallest absolute Gasteiger partial charge is 0.263 e. The van der Waals surface area contributed by atoms with E-state index in [1.807, 2.05) is 6.07 Å². The predicted octanol–water partition coefficient (Wildman–Crippen LogP) is 3.63. The van der Waals surface area contributed by atoms with Gasteiger partial charge in [-0.2, -0.15) is 8.42 Å². The Kier molecular flexibility index (Phi) is 4.02. The van der Waals surface area contributed by atoms with Crippen LogP contribution in [0.5, 0.6) is 0 Å². The van der Waals surface area contributed by atoms with E-state index in [4.69, 9.17) is 4.18 Å². The molecule has 1 aromatic rings. The van der Waals surface area contributed by atoms with Crippen molar-refractivity contribution < 1.29 is 12.6 Å². The summed E-state index contributed by atoms with van der Waals surface area (Å²) < 4.78 is 29.8. The molecule has 106 valence electrons. The molecule has 2 rings (SSSR count). The van der Waals surface area contributed by atoms with Crippen molar-refractivity contribution in [1.82, 2.24) is 0 Å². The Balaban J connectivity index is 2.25. The molecule has 0 bridgehead atoms. The van der Waals surface area contributed by atoms with Gasteiger partial charge in [-0.05, 0) is 36.0 Å². The van der Waals surface area contributed by atoms with Crippen LogP contribution in [-0.4, -0.2) is 14.5 Å². The van der Waals surface area contributed by atoms with Crippen LogP contribution in [0.3, 0.4) is 0 Å². The highest BCUT2D eigenvalue weighted by Gasteiger charge is 2.25. The van der Waals surface area contributed by atoms with Crippen molar-refractivity contribution in [2.45, 2.75) is 62.9 Å². The van der Waals surface area contributed by atoms with Gasteiger partial charge in [0.2, 0.25) is 0 Å². The minimum atomic E-state index is -3.63. The predicted molar refractivity (Wildman–Crippen MR) is 75.7 cm³/mol. The molecule has 19 heavy (non-hydrogen) atoms. The van der Waals surface area contributed by atoms with Crippen LogP contribution in [0.15, 0.2) is 29.2 Å². The molecule has 1 saturated carbocycles. The summed E-state index contributed by atoms with van der Waals surface area (Å²) in [5, 5.41) is 0. The minimum Gasteiger partial charge on any atom is -0.263 e. The third-order valence-corrected chi connectivity index (χ3v) is 4.91. The van der Waals surface area contributed by atoms with E-state index in [1.165, 1.54) is 0 Å². The first-order valence-electron chi connectivity index (χ1n) is 6.83. The van der Waals surface area contributed by atoms with Gasteiger partial charge in [0.25, 0.3) is 10.1 Å². The quantitative estimate of drug-likeness (QED) is 0.795. The Morgan fingerprint density at radius 3 is 2.37 bits per heavy atom. The minimum absolute atomic E-state index is 0.0705. The molecule has 1 aromatic carbocycles. The molecule has 1 fully saturated rings. The maximum absolute atomic E-state index is 12.2. The van der Waals surface area contributed by atoms with Gasteiger partial charge in [-0.3, -0.25) is 4.18 Å². The van der Waals surface area contributed by atoms with E-state index < -0.39 is 10.1 Å². The number of rotatable bonds is 3. The molecule has 1 aliphatic rings. The summed E-state index contributed by atoms with van der Waals surface area (Å²) in [6, 6.07) is 7.07. The molecule has 0 saturated heterocycles. The van der Waals surface area contributed by atoms with E-state index in [9.17, 15) is 8.42 Å². The van der Waals surface area contributed by atoms with Gasteiger partial charge in [-0.25, -0.2) is 0 Å². The standard InChI is InChI=1S/C15H22O3S/c1-15(2,3)12-7-6-10-14(11-12)19(16,17)18-13-8-4-5-9-13/h6-7,10-11,13H,4-5,8-9H2,1-3H3. The molecular formula is C15H22O3S. The fourth-order valence-corrected chi connectivity index (χ4v) is 3.52. The maximum atomic E-state index is 12.2. The summed E-state index contributed by atoms with van der Waals surface area (Å²) in [6.07, 6.45) is 3.67. The van der Waals surface area contributed by atoms with Gasteiger partial charge >= 0.3 is 0 Å². The van der Waals surface area contributed by atoms with Crippen molar-refractivity contribution in [2.75, 3.05) is 0 Å². The fraction of sp³-hybridized carbons (Fsp3) is 0.600. The molecule has 1 aliphatic carbocycles. The van der Waals surface area contributed by atoms with Crippen LogP contribution in [0, 0.1) is 0 Å². The van der Waals surface area contributed by atoms with Crippen LogP contribution in [-0.2, 0) is 19.7 Å². The first-order valence-corrected chi connectivity index (χ1v) is 8.24. The van der Waals surface area contributed by atoms with Crippen LogP contribution in [0.25, 0.3) is 0 Å². The van der Waals surface area contributed by atoms with Gasteiger partial charge in [-0.15, -0.1) is 0 Å². The third kappa shape index (κ3) is 3.57. The van der Waals surface area contributed by atoms with Crippen LogP contribution < -0.4 is 0 Å². The molecular weight excluding hydrogens is 260 g/mol. The Morgan fingerprint density at radius 2 is 1.79 bits per heavy atom. The Labute approximate surface area is 116 Å². The molecule has 0 radical (unpaired) electrons. The van der Waals surface area contributed by atoms with Crippen LogP contribution in [0.4, 0.5) is 0 Å². The molecule has 0 heterocycles. The summed E-state index contributed by atoms with van der Waals surface area (Å²) >= 11 is 0. The summed E-state index contributed by atoms with van der Waals surface area (Å²) in [5.74, 6) is 0. The summed E-state index contributed by atoms with van der Waals surface area (Å²) in [6.45, 7) is 6.20. The van der Waals surface area contributed by atoms with Crippen molar-refractivity contribution in [3.63, 3.8) is 0 Å². The molecule has 0 atom stereocenters. The Hall–Kier alpha value is -0.870. The first kappa shape index (κ1) is 14.5. The van der Waals surface area contributed by atoms with Crippen LogP contribution in [0.1, 0.15) is 52.0 Å². The zero-order valence-corrected chi connectivity index (χ0v) is 12.7. The zero-order valence-electron chi connectivity index (χ0n) is 11.8. The van der Waals surface area contributed by atoms with E-state index in [0.29, 0.717) is 0 Å². The van der Waals surface area contributed by atoms with E-state index in [0.717, 1.165) is 31.2 Å². The second-order valence-electron chi connectivity index (χ2n) is 6.23. The van der Waals surface area contributed by atoms with Crippen molar-refractivity contribution in [3.05, 3.63) is 29.8 Å². The molecule has 3 nitrogen and oxygen atoms in total. The zero-order chi connectivity index (χ0) is 14.1. The van der Waals surface area contributed by atoms with E-state index >= 15 is 0 Å². The number of hydrogen-bond donors (Lipinski definition) is 0. The highest BCUT2D eigenvalue weighted by molar-refractivity contribution is 7.86. The van der Waals surface area contributed by atoms with Gasteiger partial charge in [0, 0.05) is 0 Å². The molecule has 0 aromatic heterocycles. The summed E-state index contributed by atoms with van der Waals surface area (Å²) in [5.41, 5.74) is 0.933. The van der Waals surface area contributed by atoms with Gasteiger partial charge < -0.3 is 0 Å². The first-order chi connectivity index (χ1) is 8.79. The number of hydrogen-bond acceptors (Lipinski definition) is 3. The Bertz CT molecular complexity index is 535. The lowest BCUT2D eigenvalue weighted by Crippen LogP contribution is -2.17. The normalized spacial score (nSPS) is 17.8. The highest BCUT2D eigenvalue weighted by atomic mass is 32.2. The highest BCUT2D eigenvalue weighted by Crippen LogP contribution is 2.28. The molecule has 0 amide bonds. The molecule has 0 N–H and O–H groups in total. The lowest BCUT2D eigenvalue weighted by atomic mass is 9.87. The lowest BCUT2D eigenvalue weighted by molar-refractivity contribution is 0.217. The van der Waals surface area contributed by atoms with Crippen molar-refractivity contribution in [2.24, 2.45) is 0 Å². The fourth-order valence-electron chi connectivity index (χ4n) is 2.34. The molecule has 0 spiro atoms. The summed E-state index contributed by atoms with van der Waals surface area (Å²) in [7, 11) is -3.63. The van der Waals surface area contributed by atoms with Crippen molar-refractivity contribution in [3.8, 4) is 0 Å². The van der Waals surface area contributed by atoms with Crippen LogP contribution in [0.2, 0.25) is 0 Å². The monoisotopic (exact) mass is 282 g/mol. The van der Waals surface area contributed by atoms with E-state index in [-0.39, 0.29) is 16.4 Å². The van der Waals surface area contributed by atoms with Gasteiger partial charge in [0.05, 0.1) is 11.0 Å². The van der Waals surface area contributed by atoms with Gasteiger partial charge in [-0.1, -0.05) is 45.7 Å². The maximum Gasteiger partial charge on any atom is 0.297 e. The van der Waals surface area contributed by atoms with Gasteiger partial charge in [0.15, 0.2) is 0 Å². The number of benzene rings is 1. The van der Waals surface area contributed by atoms with Crippen molar-refractivity contribution in [1.29, 1.82) is 0 Å². The topological polar surface area (TPSA) is 43.4 Å². The van der Waals surface area contributed by atoms with E-state index in [2.05, 4.69) is 20.8 Å². The SMILES string of the molecule is CC(C)(C)c1cccc(S(=O)(=O)OC2CCCC2)c1. The molecule has 0 aliphatic heterocycles. The third-order valence-electron chi connectivity index (χ3n) is 3.55. The van der Waals surface area contributed by atoms with Gasteiger partial charge in [0.1, 0.15) is 0 Å². The second-order valence-corrected chi connectivity index (χ2v) is 7.81. The largest absolute Gasteiger partial charge is 0.297 e. The second kappa shape index (κ2) is 5.25. The van der Waals surface area contributed by atoms with E-state index in [1.54, 1.807) is 18.2 Å². The van der Waals surface area contributed by atoms with Crippen molar-refractivity contribution >= 4 is 10.1 Å². The summed E-state index contributed by atoms with van der Waals surface area (Å²) in [4.78, 5) is 0.270. The Morgan fingerprint density at radius 1 is 1.16 bits per heavy atom. The molecule has 0 unspecified atom stereocenters.